The second-order valence-corrected chi connectivity index (χ2v) is 8.17. The number of thioether (sulfide) groups is 1. The monoisotopic (exact) mass is 412 g/mol. The third-order valence-electron chi connectivity index (χ3n) is 4.87. The maximum atomic E-state index is 12.2. The largest absolute Gasteiger partial charge is 0.325 e. The number of carbonyl (C=O) groups is 1. The molecule has 3 aromatic rings. The Morgan fingerprint density at radius 2 is 1.89 bits per heavy atom. The van der Waals surface area contributed by atoms with Crippen molar-refractivity contribution < 1.29 is 4.79 Å². The summed E-state index contributed by atoms with van der Waals surface area (Å²) < 4.78 is 2.13. The zero-order valence-corrected chi connectivity index (χ0v) is 17.1. The number of rotatable bonds is 7. The van der Waals surface area contributed by atoms with Crippen molar-refractivity contribution in [3.05, 3.63) is 71.0 Å². The van der Waals surface area contributed by atoms with Crippen molar-refractivity contribution in [2.45, 2.75) is 36.9 Å². The van der Waals surface area contributed by atoms with Crippen LogP contribution >= 0.6 is 23.4 Å². The first-order valence-electron chi connectivity index (χ1n) is 9.32. The minimum Gasteiger partial charge on any atom is -0.325 e. The smallest absolute Gasteiger partial charge is 0.234 e. The Morgan fingerprint density at radius 1 is 1.14 bits per heavy atom. The van der Waals surface area contributed by atoms with Crippen molar-refractivity contribution in [3.63, 3.8) is 0 Å². The van der Waals surface area contributed by atoms with Crippen LogP contribution < -0.4 is 5.32 Å². The first kappa shape index (κ1) is 19.0. The van der Waals surface area contributed by atoms with E-state index in [1.165, 1.54) is 17.3 Å². The van der Waals surface area contributed by atoms with Crippen LogP contribution in [0.25, 0.3) is 0 Å². The van der Waals surface area contributed by atoms with Crippen molar-refractivity contribution in [1.82, 2.24) is 14.8 Å². The van der Waals surface area contributed by atoms with E-state index in [-0.39, 0.29) is 11.7 Å². The highest BCUT2D eigenvalue weighted by Crippen LogP contribution is 2.54. The summed E-state index contributed by atoms with van der Waals surface area (Å²) >= 11 is 7.29. The van der Waals surface area contributed by atoms with E-state index in [2.05, 4.69) is 51.3 Å². The fraction of sp³-hybridized carbons (Fsp3) is 0.286. The molecule has 1 aliphatic carbocycles. The third-order valence-corrected chi connectivity index (χ3v) is 6.09. The number of aromatic nitrogens is 3. The van der Waals surface area contributed by atoms with E-state index in [0.29, 0.717) is 16.9 Å². The number of carbonyl (C=O) groups excluding carboxylic acids is 1. The van der Waals surface area contributed by atoms with Gasteiger partial charge in [0, 0.05) is 23.2 Å². The van der Waals surface area contributed by atoms with Gasteiger partial charge in [-0.3, -0.25) is 4.79 Å². The zero-order valence-electron chi connectivity index (χ0n) is 15.5. The summed E-state index contributed by atoms with van der Waals surface area (Å²) in [6.45, 7) is 2.88. The molecule has 1 aromatic heterocycles. The van der Waals surface area contributed by atoms with Gasteiger partial charge >= 0.3 is 0 Å². The highest BCUT2D eigenvalue weighted by molar-refractivity contribution is 7.99. The number of hydrogen-bond acceptors (Lipinski definition) is 4. The predicted octanol–water partition coefficient (Wildman–Crippen LogP) is 4.95. The molecule has 1 fully saturated rings. The van der Waals surface area contributed by atoms with E-state index in [1.807, 2.05) is 6.07 Å². The standard InChI is InChI=1S/C21H21ClN4OS/c1-2-26-20(18-12-17(18)14-6-4-3-5-7-14)24-25-21(26)28-13-19(27)23-16-10-8-15(22)9-11-16/h3-11,17-18H,2,12-13H2,1H3,(H,23,27). The number of halogens is 1. The second-order valence-electron chi connectivity index (χ2n) is 6.79. The van der Waals surface area contributed by atoms with Crippen LogP contribution in [0.15, 0.2) is 59.8 Å². The lowest BCUT2D eigenvalue weighted by Crippen LogP contribution is -2.14. The van der Waals surface area contributed by atoms with Gasteiger partial charge in [0.05, 0.1) is 5.75 Å². The number of nitrogens with zero attached hydrogens (tertiary/aromatic N) is 3. The van der Waals surface area contributed by atoms with E-state index >= 15 is 0 Å². The Hall–Kier alpha value is -2.31. The van der Waals surface area contributed by atoms with Gasteiger partial charge in [-0.2, -0.15) is 0 Å². The van der Waals surface area contributed by atoms with Crippen LogP contribution in [0.2, 0.25) is 5.02 Å². The molecule has 2 atom stereocenters. The summed E-state index contributed by atoms with van der Waals surface area (Å²) in [6.07, 6.45) is 1.10. The lowest BCUT2D eigenvalue weighted by Gasteiger charge is -2.08. The van der Waals surface area contributed by atoms with Crippen molar-refractivity contribution in [3.8, 4) is 0 Å². The molecule has 1 aliphatic rings. The van der Waals surface area contributed by atoms with Crippen LogP contribution in [0.4, 0.5) is 5.69 Å². The van der Waals surface area contributed by atoms with Gasteiger partial charge < -0.3 is 9.88 Å². The average molecular weight is 413 g/mol. The molecule has 0 aliphatic heterocycles. The molecule has 1 saturated carbocycles. The maximum absolute atomic E-state index is 12.2. The Kier molecular flexibility index (Phi) is 5.69. The molecule has 28 heavy (non-hydrogen) atoms. The fourth-order valence-electron chi connectivity index (χ4n) is 3.39. The summed E-state index contributed by atoms with van der Waals surface area (Å²) in [6, 6.07) is 17.6. The number of anilines is 1. The van der Waals surface area contributed by atoms with E-state index in [4.69, 9.17) is 11.6 Å². The van der Waals surface area contributed by atoms with Crippen molar-refractivity contribution in [2.24, 2.45) is 0 Å². The quantitative estimate of drug-likeness (QED) is 0.557. The molecule has 2 aromatic carbocycles. The molecule has 7 heteroatoms. The molecule has 1 N–H and O–H groups in total. The molecule has 0 saturated heterocycles. The van der Waals surface area contributed by atoms with Gasteiger partial charge in [0.1, 0.15) is 5.82 Å². The van der Waals surface area contributed by atoms with Gasteiger partial charge in [-0.05, 0) is 49.1 Å². The first-order chi connectivity index (χ1) is 13.7. The molecule has 0 spiro atoms. The molecule has 0 radical (unpaired) electrons. The Balaban J connectivity index is 1.38. The van der Waals surface area contributed by atoms with Crippen LogP contribution in [0.3, 0.4) is 0 Å². The lowest BCUT2D eigenvalue weighted by molar-refractivity contribution is -0.113. The Labute approximate surface area is 173 Å². The Morgan fingerprint density at radius 3 is 2.61 bits per heavy atom. The molecule has 1 amide bonds. The van der Waals surface area contributed by atoms with Crippen LogP contribution in [-0.2, 0) is 11.3 Å². The van der Waals surface area contributed by atoms with Crippen LogP contribution in [-0.4, -0.2) is 26.4 Å². The number of nitrogens with one attached hydrogen (secondary N) is 1. The average Bonchev–Trinajstić information content (AvgIpc) is 3.41. The van der Waals surface area contributed by atoms with Crippen LogP contribution in [0, 0.1) is 0 Å². The van der Waals surface area contributed by atoms with Crippen molar-refractivity contribution in [2.75, 3.05) is 11.1 Å². The zero-order chi connectivity index (χ0) is 19.5. The van der Waals surface area contributed by atoms with Gasteiger partial charge in [0.15, 0.2) is 5.16 Å². The fourth-order valence-corrected chi connectivity index (χ4v) is 4.32. The van der Waals surface area contributed by atoms with Gasteiger partial charge in [-0.25, -0.2) is 0 Å². The molecular weight excluding hydrogens is 392 g/mol. The SMILES string of the molecule is CCn1c(SCC(=O)Nc2ccc(Cl)cc2)nnc1C1CC1c1ccccc1. The highest BCUT2D eigenvalue weighted by atomic mass is 35.5. The van der Waals surface area contributed by atoms with E-state index in [1.54, 1.807) is 24.3 Å². The van der Waals surface area contributed by atoms with Gasteiger partial charge in [0.25, 0.3) is 0 Å². The van der Waals surface area contributed by atoms with Crippen molar-refractivity contribution in [1.29, 1.82) is 0 Å². The normalized spacial score (nSPS) is 18.1. The van der Waals surface area contributed by atoms with Crippen LogP contribution in [0.5, 0.6) is 0 Å². The second kappa shape index (κ2) is 8.37. The molecule has 5 nitrogen and oxygen atoms in total. The number of hydrogen-bond donors (Lipinski definition) is 1. The van der Waals surface area contributed by atoms with Crippen molar-refractivity contribution >= 4 is 35.0 Å². The third kappa shape index (κ3) is 4.23. The molecule has 1 heterocycles. The molecule has 0 bridgehead atoms. The van der Waals surface area contributed by atoms with Crippen LogP contribution in [0.1, 0.15) is 36.6 Å². The van der Waals surface area contributed by atoms with Gasteiger partial charge in [-0.15, -0.1) is 10.2 Å². The number of amides is 1. The van der Waals surface area contributed by atoms with Gasteiger partial charge in [-0.1, -0.05) is 53.7 Å². The molecule has 144 valence electrons. The maximum Gasteiger partial charge on any atom is 0.234 e. The minimum atomic E-state index is -0.0758. The lowest BCUT2D eigenvalue weighted by atomic mass is 10.1. The van der Waals surface area contributed by atoms with E-state index < -0.39 is 0 Å². The molecule has 2 unspecified atom stereocenters. The summed E-state index contributed by atoms with van der Waals surface area (Å²) in [5.41, 5.74) is 2.09. The van der Waals surface area contributed by atoms with E-state index in [9.17, 15) is 4.79 Å². The minimum absolute atomic E-state index is 0.0758. The summed E-state index contributed by atoms with van der Waals surface area (Å²) in [5.74, 6) is 2.16. The number of benzene rings is 2. The molecular formula is C21H21ClN4OS. The molecule has 4 rings (SSSR count). The predicted molar refractivity (Wildman–Crippen MR) is 113 cm³/mol. The first-order valence-corrected chi connectivity index (χ1v) is 10.7. The topological polar surface area (TPSA) is 59.8 Å². The summed E-state index contributed by atoms with van der Waals surface area (Å²) in [4.78, 5) is 12.2. The highest BCUT2D eigenvalue weighted by Gasteiger charge is 2.43. The summed E-state index contributed by atoms with van der Waals surface area (Å²) in [7, 11) is 0. The van der Waals surface area contributed by atoms with E-state index in [0.717, 1.165) is 29.6 Å². The Bertz CT molecular complexity index is 958. The van der Waals surface area contributed by atoms with Gasteiger partial charge in [0.2, 0.25) is 5.91 Å². The summed E-state index contributed by atoms with van der Waals surface area (Å²) in [5, 5.41) is 13.1.